The van der Waals surface area contributed by atoms with Crippen molar-refractivity contribution < 1.29 is 13.9 Å². The van der Waals surface area contributed by atoms with Crippen LogP contribution in [0.3, 0.4) is 0 Å². The molecular weight excluding hydrogens is 391 g/mol. The number of nitrogens with one attached hydrogen (secondary N) is 1. The Hall–Kier alpha value is -3.00. The van der Waals surface area contributed by atoms with Crippen LogP contribution in [0.25, 0.3) is 0 Å². The van der Waals surface area contributed by atoms with Gasteiger partial charge in [-0.1, -0.05) is 18.2 Å². The normalized spacial score (nSPS) is 17.9. The molecule has 0 saturated heterocycles. The van der Waals surface area contributed by atoms with Gasteiger partial charge in [-0.15, -0.1) is 11.3 Å². The van der Waals surface area contributed by atoms with E-state index in [1.54, 1.807) is 17.0 Å². The number of ether oxygens (including phenoxy) is 1. The summed E-state index contributed by atoms with van der Waals surface area (Å²) in [6.07, 6.45) is 4.23. The summed E-state index contributed by atoms with van der Waals surface area (Å²) < 4.78 is 19.8. The molecule has 2 aliphatic heterocycles. The third-order valence-corrected chi connectivity index (χ3v) is 5.33. The van der Waals surface area contributed by atoms with Gasteiger partial charge in [0.1, 0.15) is 11.4 Å². The smallest absolute Gasteiger partial charge is 0.329 e. The van der Waals surface area contributed by atoms with Gasteiger partial charge in [0.05, 0.1) is 18.0 Å². The van der Waals surface area contributed by atoms with Crippen LogP contribution in [0.4, 0.5) is 14.3 Å². The first-order valence-corrected chi connectivity index (χ1v) is 10.1. The van der Waals surface area contributed by atoms with Crippen molar-refractivity contribution in [2.75, 3.05) is 11.9 Å². The van der Waals surface area contributed by atoms with E-state index in [9.17, 15) is 9.18 Å². The van der Waals surface area contributed by atoms with E-state index < -0.39 is 5.60 Å². The van der Waals surface area contributed by atoms with Gasteiger partial charge in [0, 0.05) is 11.8 Å². The summed E-state index contributed by atoms with van der Waals surface area (Å²) in [4.78, 5) is 23.6. The number of aryl methyl sites for hydroxylation is 1. The summed E-state index contributed by atoms with van der Waals surface area (Å²) in [5, 5.41) is 5.24. The zero-order valence-electron chi connectivity index (χ0n) is 16.4. The molecular formula is C21H21FN4O2S. The minimum atomic E-state index is -0.585. The number of aliphatic imine (C=N–C) groups is 1. The van der Waals surface area contributed by atoms with Crippen LogP contribution in [0.1, 0.15) is 31.5 Å². The SMILES string of the molecule is Cc1csc(NC(=O)N2CC(C)(C)OC3=C2N=C(c2cccc(F)c2)CC=C3)n1. The molecule has 29 heavy (non-hydrogen) atoms. The van der Waals surface area contributed by atoms with Gasteiger partial charge in [-0.25, -0.2) is 19.2 Å². The zero-order valence-corrected chi connectivity index (χ0v) is 17.2. The lowest BCUT2D eigenvalue weighted by Crippen LogP contribution is -2.48. The Morgan fingerprint density at radius 2 is 2.21 bits per heavy atom. The summed E-state index contributed by atoms with van der Waals surface area (Å²) in [5.74, 6) is 0.587. The molecule has 0 atom stereocenters. The van der Waals surface area contributed by atoms with Crippen molar-refractivity contribution in [3.8, 4) is 0 Å². The van der Waals surface area contributed by atoms with Gasteiger partial charge in [-0.3, -0.25) is 10.2 Å². The Morgan fingerprint density at radius 1 is 1.38 bits per heavy atom. The molecule has 2 aliphatic rings. The first-order valence-electron chi connectivity index (χ1n) is 9.25. The van der Waals surface area contributed by atoms with E-state index in [1.165, 1.54) is 23.5 Å². The molecule has 4 rings (SSSR count). The molecule has 6 nitrogen and oxygen atoms in total. The average molecular weight is 412 g/mol. The van der Waals surface area contributed by atoms with Gasteiger partial charge in [0.25, 0.3) is 0 Å². The van der Waals surface area contributed by atoms with Gasteiger partial charge in [0.15, 0.2) is 16.7 Å². The molecule has 2 aromatic rings. The van der Waals surface area contributed by atoms with Gasteiger partial charge in [0.2, 0.25) is 0 Å². The number of allylic oxidation sites excluding steroid dienone is 2. The third kappa shape index (κ3) is 4.22. The highest BCUT2D eigenvalue weighted by Crippen LogP contribution is 2.32. The van der Waals surface area contributed by atoms with Crippen molar-refractivity contribution in [2.45, 2.75) is 32.8 Å². The number of aromatic nitrogens is 1. The molecule has 0 unspecified atom stereocenters. The molecule has 0 fully saturated rings. The van der Waals surface area contributed by atoms with E-state index in [-0.39, 0.29) is 11.8 Å². The molecule has 1 aromatic heterocycles. The largest absolute Gasteiger partial charge is 0.482 e. The topological polar surface area (TPSA) is 66.8 Å². The van der Waals surface area contributed by atoms with E-state index in [2.05, 4.69) is 10.3 Å². The van der Waals surface area contributed by atoms with Crippen molar-refractivity contribution in [2.24, 2.45) is 4.99 Å². The maximum atomic E-state index is 13.7. The molecule has 150 valence electrons. The van der Waals surface area contributed by atoms with Gasteiger partial charge >= 0.3 is 6.03 Å². The number of amides is 2. The molecule has 8 heteroatoms. The van der Waals surface area contributed by atoms with Crippen LogP contribution in [-0.4, -0.2) is 33.8 Å². The number of rotatable bonds is 2. The first kappa shape index (κ1) is 19.3. The van der Waals surface area contributed by atoms with Gasteiger partial charge < -0.3 is 4.74 Å². The van der Waals surface area contributed by atoms with E-state index in [0.717, 1.165) is 5.69 Å². The van der Waals surface area contributed by atoms with Gasteiger partial charge in [-0.05, 0) is 44.5 Å². The first-order chi connectivity index (χ1) is 13.8. The van der Waals surface area contributed by atoms with Crippen LogP contribution < -0.4 is 5.32 Å². The highest BCUT2D eigenvalue weighted by Gasteiger charge is 2.37. The molecule has 0 spiro atoms. The lowest BCUT2D eigenvalue weighted by molar-refractivity contribution is -0.00104. The molecule has 2 amide bonds. The zero-order chi connectivity index (χ0) is 20.6. The molecule has 3 heterocycles. The van der Waals surface area contributed by atoms with Crippen molar-refractivity contribution in [3.63, 3.8) is 0 Å². The third-order valence-electron chi connectivity index (χ3n) is 4.46. The fraction of sp³-hybridized carbons (Fsp3) is 0.286. The number of benzene rings is 1. The standard InChI is InChI=1S/C21H21FN4O2S/c1-13-11-29-19(23-13)25-20(27)26-12-21(2,3)28-17-9-5-8-16(24-18(17)26)14-6-4-7-15(22)10-14/h4-7,9-11H,8,12H2,1-3H3,(H,23,25,27). The van der Waals surface area contributed by atoms with E-state index in [1.807, 2.05) is 38.3 Å². The summed E-state index contributed by atoms with van der Waals surface area (Å²) in [6, 6.07) is 5.95. The number of thiazole rings is 1. The minimum Gasteiger partial charge on any atom is -0.482 e. The van der Waals surface area contributed by atoms with Crippen LogP contribution in [0.5, 0.6) is 0 Å². The van der Waals surface area contributed by atoms with Crippen LogP contribution in [0.2, 0.25) is 0 Å². The van der Waals surface area contributed by atoms with E-state index in [0.29, 0.717) is 41.0 Å². The number of nitrogens with zero attached hydrogens (tertiary/aromatic N) is 3. The van der Waals surface area contributed by atoms with E-state index >= 15 is 0 Å². The summed E-state index contributed by atoms with van der Waals surface area (Å²) in [7, 11) is 0. The quantitative estimate of drug-likeness (QED) is 0.767. The summed E-state index contributed by atoms with van der Waals surface area (Å²) in [6.45, 7) is 6.02. The molecule has 0 saturated carbocycles. The van der Waals surface area contributed by atoms with Gasteiger partial charge in [-0.2, -0.15) is 0 Å². The summed E-state index contributed by atoms with van der Waals surface area (Å²) in [5.41, 5.74) is 1.59. The monoisotopic (exact) mass is 412 g/mol. The number of carbonyl (C=O) groups excluding carboxylic acids is 1. The van der Waals surface area contributed by atoms with Crippen molar-refractivity contribution >= 4 is 28.2 Å². The average Bonchev–Trinajstić information content (AvgIpc) is 2.94. The van der Waals surface area contributed by atoms with E-state index in [4.69, 9.17) is 9.73 Å². The maximum Gasteiger partial charge on any atom is 0.329 e. The van der Waals surface area contributed by atoms with Crippen LogP contribution in [0, 0.1) is 12.7 Å². The number of carbonyl (C=O) groups is 1. The second kappa shape index (κ2) is 7.44. The number of hydrogen-bond donors (Lipinski definition) is 1. The van der Waals surface area contributed by atoms with Crippen LogP contribution in [-0.2, 0) is 4.74 Å². The molecule has 0 bridgehead atoms. The highest BCUT2D eigenvalue weighted by atomic mass is 32.1. The second-order valence-corrected chi connectivity index (χ2v) is 8.39. The Bertz CT molecular complexity index is 1050. The lowest BCUT2D eigenvalue weighted by atomic mass is 10.1. The number of halogens is 1. The Balaban J connectivity index is 1.72. The number of urea groups is 1. The Kier molecular flexibility index (Phi) is 4.96. The van der Waals surface area contributed by atoms with Crippen molar-refractivity contribution in [1.82, 2.24) is 9.88 Å². The predicted molar refractivity (Wildman–Crippen MR) is 111 cm³/mol. The fourth-order valence-electron chi connectivity index (χ4n) is 3.23. The number of hydrogen-bond acceptors (Lipinski definition) is 5. The minimum absolute atomic E-state index is 0.315. The molecule has 1 aromatic carbocycles. The van der Waals surface area contributed by atoms with Crippen molar-refractivity contribution in [3.05, 3.63) is 70.5 Å². The Labute approximate surface area is 172 Å². The molecule has 1 N–H and O–H groups in total. The fourth-order valence-corrected chi connectivity index (χ4v) is 3.91. The summed E-state index contributed by atoms with van der Waals surface area (Å²) >= 11 is 1.37. The number of anilines is 1. The van der Waals surface area contributed by atoms with Crippen molar-refractivity contribution in [1.29, 1.82) is 0 Å². The lowest BCUT2D eigenvalue weighted by Gasteiger charge is -2.38. The second-order valence-electron chi connectivity index (χ2n) is 7.54. The highest BCUT2D eigenvalue weighted by molar-refractivity contribution is 7.13. The molecule has 0 radical (unpaired) electrons. The molecule has 0 aliphatic carbocycles. The predicted octanol–water partition coefficient (Wildman–Crippen LogP) is 4.85. The van der Waals surface area contributed by atoms with Crippen LogP contribution >= 0.6 is 11.3 Å². The maximum absolute atomic E-state index is 13.7. The van der Waals surface area contributed by atoms with Crippen LogP contribution in [0.15, 0.2) is 58.4 Å². The Morgan fingerprint density at radius 3 is 2.93 bits per heavy atom.